The number of aromatic nitrogens is 1. The molecule has 0 saturated carbocycles. The van der Waals surface area contributed by atoms with Crippen molar-refractivity contribution in [1.82, 2.24) is 4.98 Å². The van der Waals surface area contributed by atoms with Crippen molar-refractivity contribution in [1.29, 1.82) is 0 Å². The predicted molar refractivity (Wildman–Crippen MR) is 341 cm³/mol. The summed E-state index contributed by atoms with van der Waals surface area (Å²) in [6, 6.07) is 84.0. The second-order valence-corrected chi connectivity index (χ2v) is 21.1. The number of halogens is 3. The molecule has 0 amide bonds. The summed E-state index contributed by atoms with van der Waals surface area (Å²) in [6.45, 7) is 23.3. The number of aryl methyl sites for hydroxylation is 8. The van der Waals surface area contributed by atoms with E-state index in [9.17, 15) is 13.2 Å². The molecular formula is C77H78F3N. The summed E-state index contributed by atoms with van der Waals surface area (Å²) in [5.41, 5.74) is 20.2. The number of benzene rings is 10. The Morgan fingerprint density at radius 3 is 1.05 bits per heavy atom. The summed E-state index contributed by atoms with van der Waals surface area (Å²) in [5.74, 6) is -0.555. The third-order valence-electron chi connectivity index (χ3n) is 12.9. The smallest absolute Gasteiger partial charge is 0.131 e. The maximum Gasteiger partial charge on any atom is 0.131 e. The van der Waals surface area contributed by atoms with Crippen LogP contribution in [0.1, 0.15) is 70.8 Å². The summed E-state index contributed by atoms with van der Waals surface area (Å²) in [5, 5.41) is 0. The van der Waals surface area contributed by atoms with E-state index in [1.54, 1.807) is 36.4 Å². The van der Waals surface area contributed by atoms with E-state index in [0.717, 1.165) is 27.8 Å². The zero-order valence-electron chi connectivity index (χ0n) is 49.1. The highest BCUT2D eigenvalue weighted by Crippen LogP contribution is 2.25. The molecule has 11 aromatic rings. The average molecular weight is 1070 g/mol. The quantitative estimate of drug-likeness (QED) is 0.171. The topological polar surface area (TPSA) is 12.9 Å². The molecular weight excluding hydrogens is 996 g/mol. The van der Waals surface area contributed by atoms with Gasteiger partial charge in [-0.3, -0.25) is 4.98 Å². The Kier molecular flexibility index (Phi) is 25.6. The van der Waals surface area contributed by atoms with Crippen molar-refractivity contribution < 1.29 is 13.2 Å². The minimum atomic E-state index is -0.194. The van der Waals surface area contributed by atoms with Gasteiger partial charge in [-0.05, 0) is 153 Å². The zero-order chi connectivity index (χ0) is 58.6. The molecule has 0 unspecified atom stereocenters. The standard InChI is InChI=1S/3C13H11F.C12H11N.C11H16.C8H10.C7H8/c1-10-2-4-11(5-3-10)12-6-8-13(14)9-7-12;1-10-5-7-11(8-6-10)12-3-2-4-13(14)9-12;1-10-6-8-11(9-7-10)12-4-2-3-5-13(12)14;1-10-4-2-3-5-12(10)11-6-8-13-9-7-11;1-9-5-7-10(8-6-9)11(2,3)4;1-7-3-5-8(2)6-4-7;1-7-5-3-2-4-6-7/h3*2-9H,1H3;2-9H,1H3;5-8H,1-4H3;3-6H,1-2H3;2-6H,1H3. The summed E-state index contributed by atoms with van der Waals surface area (Å²) in [7, 11) is 0. The van der Waals surface area contributed by atoms with E-state index in [1.165, 1.54) is 85.5 Å². The van der Waals surface area contributed by atoms with E-state index in [1.807, 2.05) is 129 Å². The van der Waals surface area contributed by atoms with Crippen molar-refractivity contribution in [3.63, 3.8) is 0 Å². The molecule has 4 heteroatoms. The number of hydrogen-bond donors (Lipinski definition) is 0. The Morgan fingerprint density at radius 1 is 0.272 bits per heavy atom. The van der Waals surface area contributed by atoms with Gasteiger partial charge in [0.1, 0.15) is 17.5 Å². The van der Waals surface area contributed by atoms with Crippen molar-refractivity contribution in [3.8, 4) is 44.5 Å². The number of pyridine rings is 1. The van der Waals surface area contributed by atoms with Crippen LogP contribution in [-0.4, -0.2) is 4.98 Å². The molecule has 0 fully saturated rings. The van der Waals surface area contributed by atoms with E-state index < -0.39 is 0 Å². The monoisotopic (exact) mass is 1070 g/mol. The molecule has 11 rings (SSSR count). The van der Waals surface area contributed by atoms with Crippen molar-refractivity contribution in [2.75, 3.05) is 0 Å². The van der Waals surface area contributed by atoms with Crippen LogP contribution in [0.2, 0.25) is 0 Å². The molecule has 0 atom stereocenters. The van der Waals surface area contributed by atoms with Gasteiger partial charge < -0.3 is 0 Å². The number of rotatable bonds is 4. The van der Waals surface area contributed by atoms with Crippen LogP contribution in [0, 0.1) is 72.8 Å². The first-order chi connectivity index (χ1) is 38.8. The molecule has 0 spiro atoms. The van der Waals surface area contributed by atoms with E-state index in [-0.39, 0.29) is 22.9 Å². The van der Waals surface area contributed by atoms with Crippen LogP contribution < -0.4 is 0 Å². The third kappa shape index (κ3) is 23.2. The summed E-state index contributed by atoms with van der Waals surface area (Å²) < 4.78 is 39.0. The second-order valence-electron chi connectivity index (χ2n) is 21.1. The van der Waals surface area contributed by atoms with Gasteiger partial charge in [-0.25, -0.2) is 13.2 Å². The van der Waals surface area contributed by atoms with E-state index in [0.29, 0.717) is 5.56 Å². The van der Waals surface area contributed by atoms with Gasteiger partial charge in [0.25, 0.3) is 0 Å². The van der Waals surface area contributed by atoms with Gasteiger partial charge in [-0.15, -0.1) is 0 Å². The van der Waals surface area contributed by atoms with Gasteiger partial charge in [-0.2, -0.15) is 0 Å². The Hall–Kier alpha value is -8.86. The first kappa shape index (κ1) is 63.0. The maximum atomic E-state index is 13.4. The van der Waals surface area contributed by atoms with Crippen molar-refractivity contribution >= 4 is 0 Å². The van der Waals surface area contributed by atoms with Crippen LogP contribution in [0.4, 0.5) is 13.2 Å². The van der Waals surface area contributed by atoms with Gasteiger partial charge in [-0.1, -0.05) is 278 Å². The molecule has 1 nitrogen and oxygen atoms in total. The van der Waals surface area contributed by atoms with Gasteiger partial charge in [0, 0.05) is 18.0 Å². The van der Waals surface area contributed by atoms with Crippen LogP contribution in [0.25, 0.3) is 44.5 Å². The molecule has 1 heterocycles. The molecule has 81 heavy (non-hydrogen) atoms. The molecule has 0 saturated heterocycles. The van der Waals surface area contributed by atoms with E-state index in [2.05, 4.69) is 164 Å². The van der Waals surface area contributed by atoms with Crippen LogP contribution >= 0.6 is 0 Å². The summed E-state index contributed by atoms with van der Waals surface area (Å²) in [4.78, 5) is 4.00. The molecule has 0 radical (unpaired) electrons. The fourth-order valence-corrected chi connectivity index (χ4v) is 7.88. The highest BCUT2D eigenvalue weighted by Gasteiger charge is 2.12. The highest BCUT2D eigenvalue weighted by atomic mass is 19.1. The van der Waals surface area contributed by atoms with E-state index in [4.69, 9.17) is 0 Å². The van der Waals surface area contributed by atoms with Crippen molar-refractivity contribution in [2.45, 2.75) is 81.6 Å². The normalized spacial score (nSPS) is 10.1. The first-order valence-corrected chi connectivity index (χ1v) is 27.4. The van der Waals surface area contributed by atoms with Gasteiger partial charge in [0.05, 0.1) is 0 Å². The Labute approximate surface area is 482 Å². The largest absolute Gasteiger partial charge is 0.265 e. The molecule has 0 aliphatic rings. The van der Waals surface area contributed by atoms with Crippen LogP contribution in [0.15, 0.2) is 273 Å². The van der Waals surface area contributed by atoms with Gasteiger partial charge in [0.2, 0.25) is 0 Å². The fourth-order valence-electron chi connectivity index (χ4n) is 7.88. The minimum absolute atomic E-state index is 0.170. The zero-order valence-corrected chi connectivity index (χ0v) is 49.1. The molecule has 0 bridgehead atoms. The Bertz CT molecular complexity index is 3430. The second kappa shape index (κ2) is 32.9. The van der Waals surface area contributed by atoms with Crippen LogP contribution in [0.3, 0.4) is 0 Å². The SMILES string of the molecule is Cc1ccc(-c2ccc(F)cc2)cc1.Cc1ccc(-c2cccc(F)c2)cc1.Cc1ccc(-c2ccccc2F)cc1.Cc1ccc(C(C)(C)C)cc1.Cc1ccc(C)cc1.Cc1ccccc1.Cc1ccccc1-c1ccncc1. The lowest BCUT2D eigenvalue weighted by molar-refractivity contribution is 0.590. The number of nitrogens with zero attached hydrogens (tertiary/aromatic N) is 1. The molecule has 0 aliphatic carbocycles. The molecule has 1 aromatic heterocycles. The molecule has 412 valence electrons. The lowest BCUT2D eigenvalue weighted by Crippen LogP contribution is -2.10. The lowest BCUT2D eigenvalue weighted by atomic mass is 9.87. The third-order valence-corrected chi connectivity index (χ3v) is 12.9. The molecule has 0 aliphatic heterocycles. The summed E-state index contributed by atoms with van der Waals surface area (Å²) >= 11 is 0. The Balaban J connectivity index is 0.000000176. The summed E-state index contributed by atoms with van der Waals surface area (Å²) in [6.07, 6.45) is 3.64. The minimum Gasteiger partial charge on any atom is -0.265 e. The first-order valence-electron chi connectivity index (χ1n) is 27.4. The van der Waals surface area contributed by atoms with Gasteiger partial charge >= 0.3 is 0 Å². The highest BCUT2D eigenvalue weighted by molar-refractivity contribution is 5.67. The van der Waals surface area contributed by atoms with Crippen molar-refractivity contribution in [3.05, 3.63) is 341 Å². The predicted octanol–water partition coefficient (Wildman–Crippen LogP) is 22.1. The average Bonchev–Trinajstić information content (AvgIpc) is 3.47. The Morgan fingerprint density at radius 2 is 0.630 bits per heavy atom. The molecule has 0 N–H and O–H groups in total. The van der Waals surface area contributed by atoms with Crippen LogP contribution in [0.5, 0.6) is 0 Å². The maximum absolute atomic E-state index is 13.4. The lowest BCUT2D eigenvalue weighted by Gasteiger charge is -2.18. The van der Waals surface area contributed by atoms with E-state index >= 15 is 0 Å². The van der Waals surface area contributed by atoms with Crippen LogP contribution in [-0.2, 0) is 5.41 Å². The fraction of sp³-hybridized carbons (Fsp3) is 0.156. The number of hydrogen-bond acceptors (Lipinski definition) is 1. The molecule has 10 aromatic carbocycles. The van der Waals surface area contributed by atoms with Gasteiger partial charge in [0.15, 0.2) is 0 Å². The van der Waals surface area contributed by atoms with Crippen molar-refractivity contribution in [2.24, 2.45) is 0 Å².